The van der Waals surface area contributed by atoms with E-state index in [1.165, 1.54) is 13.1 Å². The summed E-state index contributed by atoms with van der Waals surface area (Å²) in [6, 6.07) is 12.8. The number of carbonyl (C=O) groups is 3. The zero-order valence-electron chi connectivity index (χ0n) is 18.7. The van der Waals surface area contributed by atoms with E-state index in [2.05, 4.69) is 5.32 Å². The standard InChI is InChI=1S/C26H24N2O7/c1-28-20-14-10-13-16(11-6-3-2-4-7-11)12-8-5-9-15(29)17(12)21(30)18(13)23(32)26(14,35)24(33)19(22(20)31)25(27)34/h2-9,13-14,16,20,28-29,31-32,35H,10H2,1H3,(H2,27,34)/t13-,14+,16-,20+,26+/m1/s1. The fourth-order valence-electron chi connectivity index (χ4n) is 6.07. The number of benzene rings is 2. The molecule has 0 aliphatic heterocycles. The van der Waals surface area contributed by atoms with Crippen molar-refractivity contribution < 1.29 is 34.8 Å². The van der Waals surface area contributed by atoms with Crippen LogP contribution in [0.4, 0.5) is 0 Å². The van der Waals surface area contributed by atoms with Crippen molar-refractivity contribution in [2.75, 3.05) is 7.05 Å². The Hall–Kier alpha value is -3.95. The highest BCUT2D eigenvalue weighted by Crippen LogP contribution is 2.56. The van der Waals surface area contributed by atoms with Gasteiger partial charge in [-0.3, -0.25) is 14.4 Å². The van der Waals surface area contributed by atoms with Crippen LogP contribution in [0, 0.1) is 11.8 Å². The third-order valence-corrected chi connectivity index (χ3v) is 7.56. The van der Waals surface area contributed by atoms with Gasteiger partial charge in [-0.25, -0.2) is 0 Å². The molecule has 3 aliphatic carbocycles. The molecule has 0 saturated carbocycles. The number of nitrogens with two attached hydrogens (primary N) is 1. The molecule has 0 saturated heterocycles. The van der Waals surface area contributed by atoms with Gasteiger partial charge in [-0.2, -0.15) is 0 Å². The van der Waals surface area contributed by atoms with Crippen LogP contribution in [0.25, 0.3) is 0 Å². The molecule has 9 nitrogen and oxygen atoms in total. The number of Topliss-reactive ketones (excluding diaryl/α,β-unsaturated/α-hetero) is 2. The molecule has 0 radical (unpaired) electrons. The Labute approximate surface area is 200 Å². The number of ketones is 2. The van der Waals surface area contributed by atoms with Crippen molar-refractivity contribution >= 4 is 17.5 Å². The average molecular weight is 476 g/mol. The van der Waals surface area contributed by atoms with E-state index in [-0.39, 0.29) is 23.3 Å². The number of nitrogens with one attached hydrogen (secondary N) is 1. The van der Waals surface area contributed by atoms with Crippen molar-refractivity contribution in [3.8, 4) is 5.75 Å². The van der Waals surface area contributed by atoms with Crippen molar-refractivity contribution in [3.05, 3.63) is 87.9 Å². The summed E-state index contributed by atoms with van der Waals surface area (Å²) >= 11 is 0. The number of aliphatic hydroxyl groups is 3. The summed E-state index contributed by atoms with van der Waals surface area (Å²) in [7, 11) is 1.47. The fourth-order valence-corrected chi connectivity index (χ4v) is 6.07. The maximum Gasteiger partial charge on any atom is 0.255 e. The van der Waals surface area contributed by atoms with Gasteiger partial charge >= 0.3 is 0 Å². The van der Waals surface area contributed by atoms with E-state index in [1.807, 2.05) is 30.3 Å². The number of hydrogen-bond donors (Lipinski definition) is 6. The number of phenols is 1. The number of carbonyl (C=O) groups excluding carboxylic acids is 3. The van der Waals surface area contributed by atoms with E-state index >= 15 is 0 Å². The summed E-state index contributed by atoms with van der Waals surface area (Å²) in [6.07, 6.45) is 0.00361. The topological polar surface area (TPSA) is 170 Å². The lowest BCUT2D eigenvalue weighted by Gasteiger charge is -2.50. The Kier molecular flexibility index (Phi) is 5.08. The number of rotatable bonds is 3. The minimum absolute atomic E-state index is 0.00361. The predicted molar refractivity (Wildman–Crippen MR) is 124 cm³/mol. The summed E-state index contributed by atoms with van der Waals surface area (Å²) < 4.78 is 0. The van der Waals surface area contributed by atoms with Crippen LogP contribution in [-0.2, 0) is 9.59 Å². The molecule has 0 aromatic heterocycles. The lowest BCUT2D eigenvalue weighted by atomic mass is 9.55. The number of likely N-dealkylation sites (N-methyl/N-ethyl adjacent to an activating group) is 1. The number of aromatic hydroxyl groups is 1. The van der Waals surface area contributed by atoms with Crippen LogP contribution >= 0.6 is 0 Å². The van der Waals surface area contributed by atoms with Crippen LogP contribution < -0.4 is 11.1 Å². The van der Waals surface area contributed by atoms with Crippen molar-refractivity contribution in [2.45, 2.75) is 24.0 Å². The molecule has 5 atom stereocenters. The summed E-state index contributed by atoms with van der Waals surface area (Å²) in [5, 5.41) is 47.1. The number of hydrogen-bond acceptors (Lipinski definition) is 8. The molecule has 35 heavy (non-hydrogen) atoms. The first-order valence-corrected chi connectivity index (χ1v) is 11.2. The summed E-state index contributed by atoms with van der Waals surface area (Å²) in [6.45, 7) is 0. The molecule has 0 heterocycles. The SMILES string of the molecule is CN[C@@H]1C(O)=C(C(N)=O)C(=O)[C@@]2(O)C(O)=C3C(=O)c4c(O)cccc4[C@@H](c4ccccc4)[C@H]3C[C@@H]12. The Morgan fingerprint density at radius 3 is 2.37 bits per heavy atom. The number of phenolic OH excluding ortho intramolecular Hbond substituents is 1. The van der Waals surface area contributed by atoms with Crippen LogP contribution in [0.2, 0.25) is 0 Å². The second-order valence-electron chi connectivity index (χ2n) is 9.16. The Balaban J connectivity index is 1.81. The van der Waals surface area contributed by atoms with Gasteiger partial charge < -0.3 is 31.5 Å². The summed E-state index contributed by atoms with van der Waals surface area (Å²) in [5.41, 5.74) is 2.93. The molecule has 5 rings (SSSR count). The molecule has 2 aromatic carbocycles. The second-order valence-corrected chi connectivity index (χ2v) is 9.16. The third-order valence-electron chi connectivity index (χ3n) is 7.56. The monoisotopic (exact) mass is 476 g/mol. The molecule has 3 aliphatic rings. The minimum Gasteiger partial charge on any atom is -0.510 e. The van der Waals surface area contributed by atoms with E-state index < -0.39 is 64.0 Å². The molecular weight excluding hydrogens is 452 g/mol. The van der Waals surface area contributed by atoms with Crippen LogP contribution in [0.3, 0.4) is 0 Å². The quantitative estimate of drug-likeness (QED) is 0.361. The zero-order chi connectivity index (χ0) is 25.2. The Bertz CT molecular complexity index is 1350. The Morgan fingerprint density at radius 1 is 1.06 bits per heavy atom. The van der Waals surface area contributed by atoms with Crippen molar-refractivity contribution in [1.29, 1.82) is 0 Å². The van der Waals surface area contributed by atoms with Gasteiger partial charge in [0.15, 0.2) is 11.4 Å². The molecule has 0 bridgehead atoms. The summed E-state index contributed by atoms with van der Waals surface area (Å²) in [5.74, 6) is -7.37. The van der Waals surface area contributed by atoms with Gasteiger partial charge in [0, 0.05) is 23.3 Å². The van der Waals surface area contributed by atoms with Gasteiger partial charge in [-0.1, -0.05) is 42.5 Å². The molecule has 9 heteroatoms. The van der Waals surface area contributed by atoms with E-state index in [9.17, 15) is 34.8 Å². The number of aliphatic hydroxyl groups excluding tert-OH is 2. The van der Waals surface area contributed by atoms with Gasteiger partial charge in [-0.05, 0) is 30.7 Å². The maximum atomic E-state index is 13.6. The first-order chi connectivity index (χ1) is 16.6. The average Bonchev–Trinajstić information content (AvgIpc) is 2.82. The van der Waals surface area contributed by atoms with Gasteiger partial charge in [0.1, 0.15) is 22.8 Å². The molecule has 0 fully saturated rings. The minimum atomic E-state index is -2.67. The normalized spacial score (nSPS) is 30.0. The predicted octanol–water partition coefficient (Wildman–Crippen LogP) is 1.37. The zero-order valence-corrected chi connectivity index (χ0v) is 18.7. The first kappa shape index (κ1) is 22.8. The van der Waals surface area contributed by atoms with Gasteiger partial charge in [0.25, 0.3) is 5.91 Å². The van der Waals surface area contributed by atoms with Crippen molar-refractivity contribution in [3.63, 3.8) is 0 Å². The summed E-state index contributed by atoms with van der Waals surface area (Å²) in [4.78, 5) is 38.9. The van der Waals surface area contributed by atoms with E-state index in [0.29, 0.717) is 5.56 Å². The highest BCUT2D eigenvalue weighted by molar-refractivity contribution is 6.24. The van der Waals surface area contributed by atoms with Gasteiger partial charge in [0.05, 0.1) is 11.6 Å². The molecule has 180 valence electrons. The Morgan fingerprint density at radius 2 is 1.74 bits per heavy atom. The number of amides is 1. The van der Waals surface area contributed by atoms with Gasteiger partial charge in [-0.15, -0.1) is 0 Å². The van der Waals surface area contributed by atoms with E-state index in [1.54, 1.807) is 12.1 Å². The van der Waals surface area contributed by atoms with Gasteiger partial charge in [0.2, 0.25) is 5.78 Å². The van der Waals surface area contributed by atoms with Crippen LogP contribution in [-0.4, -0.2) is 56.6 Å². The van der Waals surface area contributed by atoms with Crippen LogP contribution in [0.15, 0.2) is 71.2 Å². The molecule has 0 spiro atoms. The number of fused-ring (bicyclic) bond motifs is 3. The molecule has 1 amide bonds. The highest BCUT2D eigenvalue weighted by atomic mass is 16.3. The molecule has 2 aromatic rings. The molecule has 0 unspecified atom stereocenters. The van der Waals surface area contributed by atoms with Crippen molar-refractivity contribution in [2.24, 2.45) is 17.6 Å². The van der Waals surface area contributed by atoms with Crippen molar-refractivity contribution in [1.82, 2.24) is 5.32 Å². The third kappa shape index (κ3) is 2.92. The first-order valence-electron chi connectivity index (χ1n) is 11.2. The fraction of sp³-hybridized carbons (Fsp3) is 0.269. The molecular formula is C26H24N2O7. The number of primary amides is 1. The largest absolute Gasteiger partial charge is 0.510 e. The van der Waals surface area contributed by atoms with Crippen LogP contribution in [0.5, 0.6) is 5.75 Å². The lowest BCUT2D eigenvalue weighted by Crippen LogP contribution is -2.64. The molecule has 7 N–H and O–H groups in total. The van der Waals surface area contributed by atoms with Crippen LogP contribution in [0.1, 0.15) is 33.8 Å². The second kappa shape index (κ2) is 7.79. The van der Waals surface area contributed by atoms with E-state index in [4.69, 9.17) is 5.73 Å². The maximum absolute atomic E-state index is 13.6. The smallest absolute Gasteiger partial charge is 0.255 e. The highest BCUT2D eigenvalue weighted by Gasteiger charge is 2.63. The number of allylic oxidation sites excluding steroid dienone is 1. The lowest BCUT2D eigenvalue weighted by molar-refractivity contribution is -0.146. The van der Waals surface area contributed by atoms with E-state index in [0.717, 1.165) is 5.56 Å².